The van der Waals surface area contributed by atoms with E-state index in [-0.39, 0.29) is 17.8 Å². The van der Waals surface area contributed by atoms with Crippen molar-refractivity contribution in [3.8, 4) is 11.5 Å². The lowest BCUT2D eigenvalue weighted by molar-refractivity contribution is -0.214. The topological polar surface area (TPSA) is 82.1 Å². The predicted octanol–water partition coefficient (Wildman–Crippen LogP) is 2.32. The first-order chi connectivity index (χ1) is 14.9. The first-order valence-corrected chi connectivity index (χ1v) is 11.3. The third kappa shape index (κ3) is 2.47. The number of ketones is 1. The largest absolute Gasteiger partial charge is 0.477 e. The Morgan fingerprint density at radius 3 is 2.71 bits per heavy atom. The summed E-state index contributed by atoms with van der Waals surface area (Å²) < 4.78 is 18.1. The van der Waals surface area contributed by atoms with Gasteiger partial charge in [-0.25, -0.2) is 0 Å². The highest BCUT2D eigenvalue weighted by Crippen LogP contribution is 2.66. The second-order valence-electron chi connectivity index (χ2n) is 9.85. The molecule has 1 aromatic carbocycles. The van der Waals surface area contributed by atoms with E-state index in [1.807, 2.05) is 6.07 Å². The molecule has 2 bridgehead atoms. The normalized spacial score (nSPS) is 35.2. The van der Waals surface area contributed by atoms with E-state index in [2.05, 4.69) is 4.90 Å². The minimum atomic E-state index is -0.808. The van der Waals surface area contributed by atoms with E-state index in [1.165, 1.54) is 26.7 Å². The lowest BCUT2D eigenvalue weighted by Gasteiger charge is -2.63. The zero-order valence-corrected chi connectivity index (χ0v) is 17.9. The number of piperidine rings is 1. The predicted molar refractivity (Wildman–Crippen MR) is 109 cm³/mol. The molecule has 0 amide bonds. The van der Waals surface area contributed by atoms with Gasteiger partial charge in [0.2, 0.25) is 0 Å². The third-order valence-corrected chi connectivity index (χ3v) is 8.08. The average Bonchev–Trinajstić information content (AvgIpc) is 3.44. The number of likely N-dealkylation sites (tertiary alicyclic amines) is 1. The fourth-order valence-corrected chi connectivity index (χ4v) is 6.92. The van der Waals surface area contributed by atoms with Crippen LogP contribution in [-0.4, -0.2) is 53.5 Å². The summed E-state index contributed by atoms with van der Waals surface area (Å²) in [6.45, 7) is 4.66. The molecule has 31 heavy (non-hydrogen) atoms. The Balaban J connectivity index is 1.58. The number of carbonyl (C=O) groups excluding carboxylic acids is 3. The molecule has 2 aliphatic heterocycles. The van der Waals surface area contributed by atoms with E-state index in [9.17, 15) is 14.4 Å². The second kappa shape index (κ2) is 6.31. The van der Waals surface area contributed by atoms with E-state index < -0.39 is 23.1 Å². The first kappa shape index (κ1) is 19.3. The Labute approximate surface area is 181 Å². The van der Waals surface area contributed by atoms with Gasteiger partial charge in [0, 0.05) is 32.4 Å². The van der Waals surface area contributed by atoms with Crippen LogP contribution in [0.25, 0.3) is 0 Å². The Kier molecular flexibility index (Phi) is 3.93. The monoisotopic (exact) mass is 425 g/mol. The van der Waals surface area contributed by atoms with Gasteiger partial charge in [-0.15, -0.1) is 0 Å². The van der Waals surface area contributed by atoms with E-state index in [0.29, 0.717) is 36.7 Å². The highest BCUT2D eigenvalue weighted by molar-refractivity contribution is 5.90. The molecule has 1 saturated heterocycles. The summed E-state index contributed by atoms with van der Waals surface area (Å²) in [6.07, 6.45) is 4.04. The molecule has 2 saturated carbocycles. The molecular formula is C24H27NO6. The number of benzene rings is 1. The summed E-state index contributed by atoms with van der Waals surface area (Å²) in [5.41, 5.74) is 0.499. The van der Waals surface area contributed by atoms with Crippen molar-refractivity contribution in [2.45, 2.75) is 75.5 Å². The highest BCUT2D eigenvalue weighted by Gasteiger charge is 2.75. The molecule has 0 radical (unpaired) electrons. The lowest BCUT2D eigenvalue weighted by atomic mass is 9.48. The van der Waals surface area contributed by atoms with E-state index >= 15 is 0 Å². The van der Waals surface area contributed by atoms with E-state index in [0.717, 1.165) is 30.6 Å². The van der Waals surface area contributed by atoms with Crippen LogP contribution in [-0.2, 0) is 31.0 Å². The van der Waals surface area contributed by atoms with Gasteiger partial charge in [-0.3, -0.25) is 19.3 Å². The molecule has 3 fully saturated rings. The molecule has 6 rings (SSSR count). The van der Waals surface area contributed by atoms with Gasteiger partial charge in [0.25, 0.3) is 0 Å². The fraction of sp³-hybridized carbons (Fsp3) is 0.625. The lowest BCUT2D eigenvalue weighted by Crippen LogP contribution is -2.77. The minimum absolute atomic E-state index is 0.0166. The fourth-order valence-electron chi connectivity index (χ4n) is 6.92. The van der Waals surface area contributed by atoms with Gasteiger partial charge >= 0.3 is 11.9 Å². The van der Waals surface area contributed by atoms with Crippen molar-refractivity contribution in [3.05, 3.63) is 23.3 Å². The van der Waals surface area contributed by atoms with Crippen LogP contribution in [0.4, 0.5) is 0 Å². The van der Waals surface area contributed by atoms with Crippen LogP contribution < -0.4 is 9.47 Å². The van der Waals surface area contributed by atoms with Crippen LogP contribution in [0, 0.1) is 5.92 Å². The standard InChI is InChI=1S/C24H27NO6/c1-13(26)29-18-6-5-16-11-19-24(31-14(2)27)8-7-17(28)22-23(24,20(16)21(18)30-22)9-10-25(19)12-15-3-4-15/h5-6,15,19,22H,3-4,7-12H2,1-2H3/t19-,22+,23+,24-/m1/s1. The van der Waals surface area contributed by atoms with Crippen molar-refractivity contribution >= 4 is 17.7 Å². The van der Waals surface area contributed by atoms with Crippen LogP contribution in [0.2, 0.25) is 0 Å². The number of esters is 2. The zero-order chi connectivity index (χ0) is 21.5. The number of hydrogen-bond donors (Lipinski definition) is 0. The molecule has 3 aliphatic carbocycles. The molecule has 0 N–H and O–H groups in total. The summed E-state index contributed by atoms with van der Waals surface area (Å²) in [5, 5.41) is 0. The molecule has 0 unspecified atom stereocenters. The third-order valence-electron chi connectivity index (χ3n) is 8.08. The second-order valence-corrected chi connectivity index (χ2v) is 9.85. The Morgan fingerprint density at radius 1 is 1.19 bits per heavy atom. The minimum Gasteiger partial charge on any atom is -0.477 e. The first-order valence-electron chi connectivity index (χ1n) is 11.3. The van der Waals surface area contributed by atoms with Crippen molar-refractivity contribution in [1.82, 2.24) is 4.90 Å². The molecule has 7 heteroatoms. The van der Waals surface area contributed by atoms with Crippen LogP contribution in [0.3, 0.4) is 0 Å². The Hall–Kier alpha value is -2.41. The average molecular weight is 425 g/mol. The van der Waals surface area contributed by atoms with Gasteiger partial charge in [-0.2, -0.15) is 0 Å². The molecule has 7 nitrogen and oxygen atoms in total. The van der Waals surface area contributed by atoms with Crippen LogP contribution in [0.5, 0.6) is 11.5 Å². The quantitative estimate of drug-likeness (QED) is 0.541. The van der Waals surface area contributed by atoms with E-state index in [4.69, 9.17) is 14.2 Å². The Morgan fingerprint density at radius 2 is 2.00 bits per heavy atom. The van der Waals surface area contributed by atoms with Gasteiger partial charge in [-0.1, -0.05) is 6.07 Å². The molecule has 2 heterocycles. The Bertz CT molecular complexity index is 1020. The van der Waals surface area contributed by atoms with Gasteiger partial charge in [0.1, 0.15) is 5.60 Å². The number of carbonyl (C=O) groups is 3. The maximum Gasteiger partial charge on any atom is 0.308 e. The van der Waals surface area contributed by atoms with Crippen molar-refractivity contribution in [2.75, 3.05) is 13.1 Å². The summed E-state index contributed by atoms with van der Waals surface area (Å²) in [7, 11) is 0. The summed E-state index contributed by atoms with van der Waals surface area (Å²) in [4.78, 5) is 39.8. The molecule has 4 atom stereocenters. The smallest absolute Gasteiger partial charge is 0.308 e. The van der Waals surface area contributed by atoms with Crippen molar-refractivity contribution in [3.63, 3.8) is 0 Å². The highest BCUT2D eigenvalue weighted by atomic mass is 16.6. The number of nitrogens with zero attached hydrogens (tertiary/aromatic N) is 1. The number of ether oxygens (including phenoxy) is 3. The van der Waals surface area contributed by atoms with Gasteiger partial charge in [0.15, 0.2) is 23.4 Å². The maximum atomic E-state index is 13.2. The van der Waals surface area contributed by atoms with Crippen LogP contribution in [0.1, 0.15) is 57.1 Å². The maximum absolute atomic E-state index is 13.2. The summed E-state index contributed by atoms with van der Waals surface area (Å²) in [6, 6.07) is 3.78. The number of hydrogen-bond acceptors (Lipinski definition) is 7. The summed E-state index contributed by atoms with van der Waals surface area (Å²) in [5.74, 6) is 0.830. The molecule has 0 aromatic heterocycles. The van der Waals surface area contributed by atoms with Crippen molar-refractivity contribution in [1.29, 1.82) is 0 Å². The summed E-state index contributed by atoms with van der Waals surface area (Å²) >= 11 is 0. The molecule has 5 aliphatic rings. The molecule has 164 valence electrons. The SMILES string of the molecule is CC(=O)Oc1ccc2c3c1O[C@H]1C(=O)CC[C@@]4(OC(C)=O)[C@@H](C2)N(CC2CC2)CC[C@]314. The van der Waals surface area contributed by atoms with Crippen LogP contribution in [0.15, 0.2) is 12.1 Å². The molecule has 1 aromatic rings. The zero-order valence-electron chi connectivity index (χ0n) is 17.9. The molecule has 1 spiro atoms. The number of Topliss-reactive ketones (excluding diaryl/α,β-unsaturated/α-hetero) is 1. The van der Waals surface area contributed by atoms with Crippen molar-refractivity contribution < 1.29 is 28.6 Å². The van der Waals surface area contributed by atoms with Gasteiger partial charge < -0.3 is 14.2 Å². The van der Waals surface area contributed by atoms with Gasteiger partial charge in [-0.05, 0) is 56.2 Å². The van der Waals surface area contributed by atoms with Crippen LogP contribution >= 0.6 is 0 Å². The van der Waals surface area contributed by atoms with Gasteiger partial charge in [0.05, 0.1) is 11.5 Å². The number of rotatable bonds is 4. The van der Waals surface area contributed by atoms with Crippen molar-refractivity contribution in [2.24, 2.45) is 5.92 Å². The van der Waals surface area contributed by atoms with E-state index in [1.54, 1.807) is 6.07 Å². The molecular weight excluding hydrogens is 398 g/mol.